The van der Waals surface area contributed by atoms with Crippen LogP contribution in [-0.2, 0) is 0 Å². The van der Waals surface area contributed by atoms with Crippen LogP contribution in [0.4, 0.5) is 8.78 Å². The lowest BCUT2D eigenvalue weighted by Crippen LogP contribution is -2.42. The van der Waals surface area contributed by atoms with Crippen LogP contribution in [0.3, 0.4) is 0 Å². The molecule has 7 heteroatoms. The van der Waals surface area contributed by atoms with E-state index in [0.717, 1.165) is 25.9 Å². The summed E-state index contributed by atoms with van der Waals surface area (Å²) in [6.45, 7) is 5.16. The minimum atomic E-state index is -2.87. The van der Waals surface area contributed by atoms with Crippen LogP contribution in [0, 0.1) is 19.3 Å². The number of carbonyl (C=O) groups excluding carboxylic acids is 1. The van der Waals surface area contributed by atoms with Crippen LogP contribution in [-0.4, -0.2) is 32.2 Å². The summed E-state index contributed by atoms with van der Waals surface area (Å²) in [5.41, 5.74) is 1.63. The van der Waals surface area contributed by atoms with Crippen molar-refractivity contribution in [1.29, 1.82) is 0 Å². The largest absolute Gasteiger partial charge is 0.434 e. The average Bonchev–Trinajstić information content (AvgIpc) is 2.49. The summed E-state index contributed by atoms with van der Waals surface area (Å²) in [6, 6.07) is 3.18. The molecule has 1 heterocycles. The summed E-state index contributed by atoms with van der Waals surface area (Å²) in [4.78, 5) is 12.4. The van der Waals surface area contributed by atoms with Crippen molar-refractivity contribution in [2.75, 3.05) is 19.6 Å². The number of hydrogen-bond acceptors (Lipinski definition) is 3. The highest BCUT2D eigenvalue weighted by atomic mass is 35.5. The van der Waals surface area contributed by atoms with Gasteiger partial charge >= 0.3 is 6.61 Å². The molecular weight excluding hydrogens is 338 g/mol. The van der Waals surface area contributed by atoms with Crippen molar-refractivity contribution in [3.05, 3.63) is 28.8 Å². The van der Waals surface area contributed by atoms with Crippen LogP contribution in [0.5, 0.6) is 5.75 Å². The second kappa shape index (κ2) is 8.62. The third kappa shape index (κ3) is 5.31. The number of amides is 1. The highest BCUT2D eigenvalue weighted by Gasteiger charge is 2.27. The minimum absolute atomic E-state index is 0. The van der Waals surface area contributed by atoms with Gasteiger partial charge in [0.05, 0.1) is 0 Å². The maximum atomic E-state index is 12.4. The standard InChI is InChI=1S/C17H24F2N2O2.ClH/c1-11-8-13(9-12(2)14(11)23-16(18)19)15(22)21-10-17(3)4-6-20-7-5-17;/h8-9,16,20H,4-7,10H2,1-3H3,(H,21,22);1H. The maximum Gasteiger partial charge on any atom is 0.387 e. The van der Waals surface area contributed by atoms with E-state index in [1.54, 1.807) is 26.0 Å². The molecule has 0 bridgehead atoms. The van der Waals surface area contributed by atoms with Crippen LogP contribution in [0.25, 0.3) is 0 Å². The minimum Gasteiger partial charge on any atom is -0.434 e. The first-order chi connectivity index (χ1) is 10.8. The summed E-state index contributed by atoms with van der Waals surface area (Å²) < 4.78 is 29.3. The third-order valence-corrected chi connectivity index (χ3v) is 4.42. The number of alkyl halides is 2. The highest BCUT2D eigenvalue weighted by Crippen LogP contribution is 2.28. The fraction of sp³-hybridized carbons (Fsp3) is 0.588. The molecule has 1 aromatic carbocycles. The Morgan fingerprint density at radius 2 is 1.83 bits per heavy atom. The Bertz CT molecular complexity index is 553. The van der Waals surface area contributed by atoms with E-state index < -0.39 is 6.61 Å². The van der Waals surface area contributed by atoms with Gasteiger partial charge < -0.3 is 15.4 Å². The van der Waals surface area contributed by atoms with Gasteiger partial charge in [0, 0.05) is 12.1 Å². The van der Waals surface area contributed by atoms with Crippen LogP contribution in [0.2, 0.25) is 0 Å². The van der Waals surface area contributed by atoms with Gasteiger partial charge in [0.2, 0.25) is 0 Å². The molecule has 1 saturated heterocycles. The summed E-state index contributed by atoms with van der Waals surface area (Å²) >= 11 is 0. The van der Waals surface area contributed by atoms with E-state index in [9.17, 15) is 13.6 Å². The molecular formula is C17H25ClF2N2O2. The molecule has 1 amide bonds. The Labute approximate surface area is 147 Å². The molecule has 0 unspecified atom stereocenters. The lowest BCUT2D eigenvalue weighted by atomic mass is 9.81. The zero-order chi connectivity index (χ0) is 17.0. The predicted octanol–water partition coefficient (Wildman–Crippen LogP) is 3.45. The van der Waals surface area contributed by atoms with Crippen molar-refractivity contribution in [1.82, 2.24) is 10.6 Å². The molecule has 1 aromatic rings. The molecule has 0 spiro atoms. The van der Waals surface area contributed by atoms with Gasteiger partial charge in [0.15, 0.2) is 0 Å². The fourth-order valence-electron chi connectivity index (χ4n) is 2.96. The average molecular weight is 363 g/mol. The summed E-state index contributed by atoms with van der Waals surface area (Å²) in [5.74, 6) is -0.0404. The van der Waals surface area contributed by atoms with Crippen LogP contribution >= 0.6 is 12.4 Å². The number of hydrogen-bond donors (Lipinski definition) is 2. The van der Waals surface area contributed by atoms with Crippen LogP contribution in [0.1, 0.15) is 41.3 Å². The van der Waals surface area contributed by atoms with Crippen molar-refractivity contribution in [3.8, 4) is 5.75 Å². The van der Waals surface area contributed by atoms with E-state index in [0.29, 0.717) is 23.2 Å². The number of ether oxygens (including phenoxy) is 1. The van der Waals surface area contributed by atoms with E-state index >= 15 is 0 Å². The molecule has 0 aromatic heterocycles. The Kier molecular flexibility index (Phi) is 7.42. The van der Waals surface area contributed by atoms with Gasteiger partial charge in [-0.25, -0.2) is 0 Å². The van der Waals surface area contributed by atoms with Crippen molar-refractivity contribution in [2.45, 2.75) is 40.2 Å². The third-order valence-electron chi connectivity index (χ3n) is 4.42. The summed E-state index contributed by atoms with van der Waals surface area (Å²) in [6.07, 6.45) is 2.04. The number of rotatable bonds is 5. The number of nitrogens with one attached hydrogen (secondary N) is 2. The van der Waals surface area contributed by atoms with Gasteiger partial charge in [0.1, 0.15) is 5.75 Å². The smallest absolute Gasteiger partial charge is 0.387 e. The Morgan fingerprint density at radius 3 is 2.33 bits per heavy atom. The quantitative estimate of drug-likeness (QED) is 0.843. The van der Waals surface area contributed by atoms with Crippen molar-refractivity contribution >= 4 is 18.3 Å². The molecule has 2 rings (SSSR count). The van der Waals surface area contributed by atoms with E-state index in [-0.39, 0.29) is 29.5 Å². The van der Waals surface area contributed by atoms with Gasteiger partial charge in [-0.05, 0) is 68.5 Å². The number of benzene rings is 1. The molecule has 0 saturated carbocycles. The molecule has 1 aliphatic heterocycles. The first kappa shape index (κ1) is 20.6. The number of halogens is 3. The lowest BCUT2D eigenvalue weighted by Gasteiger charge is -2.34. The summed E-state index contributed by atoms with van der Waals surface area (Å²) in [5, 5.41) is 6.28. The Hall–Kier alpha value is -1.40. The van der Waals surface area contributed by atoms with Crippen LogP contribution < -0.4 is 15.4 Å². The topological polar surface area (TPSA) is 50.4 Å². The monoisotopic (exact) mass is 362 g/mol. The second-order valence-corrected chi connectivity index (χ2v) is 6.56. The molecule has 0 atom stereocenters. The van der Waals surface area contributed by atoms with Crippen molar-refractivity contribution in [3.63, 3.8) is 0 Å². The number of piperidine rings is 1. The van der Waals surface area contributed by atoms with E-state index in [1.165, 1.54) is 0 Å². The first-order valence-corrected chi connectivity index (χ1v) is 7.86. The Morgan fingerprint density at radius 1 is 1.29 bits per heavy atom. The van der Waals surface area contributed by atoms with Gasteiger partial charge in [-0.15, -0.1) is 12.4 Å². The predicted molar refractivity (Wildman–Crippen MR) is 92.3 cm³/mol. The fourth-order valence-corrected chi connectivity index (χ4v) is 2.96. The normalized spacial score (nSPS) is 16.4. The zero-order valence-corrected chi connectivity index (χ0v) is 15.1. The molecule has 1 aliphatic rings. The van der Waals surface area contributed by atoms with Gasteiger partial charge in [-0.3, -0.25) is 4.79 Å². The molecule has 2 N–H and O–H groups in total. The summed E-state index contributed by atoms with van der Waals surface area (Å²) in [7, 11) is 0. The highest BCUT2D eigenvalue weighted by molar-refractivity contribution is 5.94. The second-order valence-electron chi connectivity index (χ2n) is 6.56. The van der Waals surface area contributed by atoms with E-state index in [1.807, 2.05) is 0 Å². The lowest BCUT2D eigenvalue weighted by molar-refractivity contribution is -0.0507. The number of carbonyl (C=O) groups is 1. The van der Waals surface area contributed by atoms with Gasteiger partial charge in [0.25, 0.3) is 5.91 Å². The van der Waals surface area contributed by atoms with E-state index in [4.69, 9.17) is 0 Å². The molecule has 136 valence electrons. The maximum absolute atomic E-state index is 12.4. The van der Waals surface area contributed by atoms with E-state index in [2.05, 4.69) is 22.3 Å². The van der Waals surface area contributed by atoms with Crippen molar-refractivity contribution < 1.29 is 18.3 Å². The SMILES string of the molecule is Cc1cc(C(=O)NCC2(C)CCNCC2)cc(C)c1OC(F)F.Cl. The molecule has 24 heavy (non-hydrogen) atoms. The Balaban J connectivity index is 0.00000288. The molecule has 4 nitrogen and oxygen atoms in total. The van der Waals surface area contributed by atoms with Crippen LogP contribution in [0.15, 0.2) is 12.1 Å². The molecule has 0 aliphatic carbocycles. The van der Waals surface area contributed by atoms with Gasteiger partial charge in [-0.1, -0.05) is 6.92 Å². The molecule has 1 fully saturated rings. The first-order valence-electron chi connectivity index (χ1n) is 7.86. The molecule has 0 radical (unpaired) electrons. The zero-order valence-electron chi connectivity index (χ0n) is 14.2. The van der Waals surface area contributed by atoms with Gasteiger partial charge in [-0.2, -0.15) is 8.78 Å². The number of aryl methyl sites for hydroxylation is 2. The van der Waals surface area contributed by atoms with Crippen molar-refractivity contribution in [2.24, 2.45) is 5.41 Å².